The van der Waals surface area contributed by atoms with Crippen LogP contribution in [0.25, 0.3) is 0 Å². The Bertz CT molecular complexity index is 742. The zero-order valence-electron chi connectivity index (χ0n) is 15.7. The van der Waals surface area contributed by atoms with Gasteiger partial charge in [0.1, 0.15) is 0 Å². The van der Waals surface area contributed by atoms with Crippen molar-refractivity contribution in [2.24, 2.45) is 0 Å². The van der Waals surface area contributed by atoms with Crippen LogP contribution in [0.15, 0.2) is 36.7 Å². The van der Waals surface area contributed by atoms with Gasteiger partial charge in [0.2, 0.25) is 0 Å². The van der Waals surface area contributed by atoms with Crippen molar-refractivity contribution in [1.82, 2.24) is 14.9 Å². The summed E-state index contributed by atoms with van der Waals surface area (Å²) in [7, 11) is 0. The highest BCUT2D eigenvalue weighted by Gasteiger charge is 2.13. The van der Waals surface area contributed by atoms with Crippen LogP contribution in [0, 0.1) is 13.8 Å². The van der Waals surface area contributed by atoms with E-state index < -0.39 is 5.97 Å². The largest absolute Gasteiger partial charge is 0.481 e. The number of ether oxygens (including phenoxy) is 1. The van der Waals surface area contributed by atoms with Gasteiger partial charge in [-0.05, 0) is 37.1 Å². The maximum Gasteiger partial charge on any atom is 0.307 e. The summed E-state index contributed by atoms with van der Waals surface area (Å²) in [5.74, 6) is -0.823. The van der Waals surface area contributed by atoms with Crippen LogP contribution < -0.4 is 0 Å². The SMILES string of the molecule is Cc1ccc(CC(=O)O)cn1.Cc1ccc(CC(=S)N2CCOCC2)cn1. The fraction of sp³-hybridized carbons (Fsp3) is 0.400. The van der Waals surface area contributed by atoms with Gasteiger partial charge in [0.15, 0.2) is 0 Å². The molecule has 7 heteroatoms. The van der Waals surface area contributed by atoms with Crippen LogP contribution in [0.1, 0.15) is 22.5 Å². The molecule has 0 bridgehead atoms. The zero-order valence-corrected chi connectivity index (χ0v) is 16.5. The van der Waals surface area contributed by atoms with Gasteiger partial charge < -0.3 is 14.7 Å². The Balaban J connectivity index is 0.000000208. The third-order valence-electron chi connectivity index (χ3n) is 4.02. The van der Waals surface area contributed by atoms with Gasteiger partial charge >= 0.3 is 5.97 Å². The molecule has 0 saturated carbocycles. The number of morpholine rings is 1. The Kier molecular flexibility index (Phi) is 8.29. The second kappa shape index (κ2) is 10.7. The van der Waals surface area contributed by atoms with Crippen LogP contribution in [0.2, 0.25) is 0 Å². The standard InChI is InChI=1S/C12H16N2OS.C8H9NO2/c1-10-2-3-11(9-13-10)8-12(16)14-4-6-15-7-5-14;1-6-2-3-7(5-9-6)4-8(10)11/h2-3,9H,4-8H2,1H3;2-3,5H,4H2,1H3,(H,10,11). The van der Waals surface area contributed by atoms with Crippen molar-refractivity contribution in [3.8, 4) is 0 Å². The first-order valence-electron chi connectivity index (χ1n) is 8.84. The zero-order chi connectivity index (χ0) is 19.6. The molecule has 0 aliphatic carbocycles. The van der Waals surface area contributed by atoms with Crippen molar-refractivity contribution in [3.05, 3.63) is 59.2 Å². The molecule has 1 fully saturated rings. The molecule has 1 N–H and O–H groups in total. The van der Waals surface area contributed by atoms with Crippen LogP contribution in [0.4, 0.5) is 0 Å². The van der Waals surface area contributed by atoms with Crippen molar-refractivity contribution in [3.63, 3.8) is 0 Å². The average molecular weight is 388 g/mol. The number of carbonyl (C=O) groups is 1. The molecule has 144 valence electrons. The topological polar surface area (TPSA) is 75.5 Å². The molecule has 0 atom stereocenters. The Morgan fingerprint density at radius 1 is 1.04 bits per heavy atom. The summed E-state index contributed by atoms with van der Waals surface area (Å²) in [5, 5.41) is 8.41. The molecular weight excluding hydrogens is 362 g/mol. The molecule has 6 nitrogen and oxygen atoms in total. The van der Waals surface area contributed by atoms with E-state index in [0.29, 0.717) is 0 Å². The Labute approximate surface area is 165 Å². The summed E-state index contributed by atoms with van der Waals surface area (Å²) in [6, 6.07) is 7.70. The van der Waals surface area contributed by atoms with Crippen LogP contribution >= 0.6 is 12.2 Å². The van der Waals surface area contributed by atoms with Crippen LogP contribution in [0.3, 0.4) is 0 Å². The summed E-state index contributed by atoms with van der Waals surface area (Å²) >= 11 is 5.43. The number of aromatic nitrogens is 2. The summed E-state index contributed by atoms with van der Waals surface area (Å²) in [4.78, 5) is 21.7. The normalized spacial score (nSPS) is 13.5. The van der Waals surface area contributed by atoms with Gasteiger partial charge in [-0.1, -0.05) is 24.4 Å². The van der Waals surface area contributed by atoms with Crippen LogP contribution in [0.5, 0.6) is 0 Å². The number of carboxylic acids is 1. The first-order valence-corrected chi connectivity index (χ1v) is 9.25. The molecule has 27 heavy (non-hydrogen) atoms. The highest BCUT2D eigenvalue weighted by molar-refractivity contribution is 7.80. The molecule has 3 rings (SSSR count). The number of thiocarbonyl (C=S) groups is 1. The number of hydrogen-bond donors (Lipinski definition) is 1. The van der Waals surface area contributed by atoms with Crippen LogP contribution in [-0.4, -0.2) is 57.2 Å². The fourth-order valence-corrected chi connectivity index (χ4v) is 2.83. The lowest BCUT2D eigenvalue weighted by atomic mass is 10.2. The molecule has 1 aliphatic heterocycles. The quantitative estimate of drug-likeness (QED) is 0.808. The van der Waals surface area contributed by atoms with E-state index in [1.807, 2.05) is 26.1 Å². The summed E-state index contributed by atoms with van der Waals surface area (Å²) in [6.07, 6.45) is 4.35. The molecule has 0 unspecified atom stereocenters. The van der Waals surface area contributed by atoms with Gasteiger partial charge in [0, 0.05) is 43.3 Å². The molecule has 0 spiro atoms. The minimum atomic E-state index is -0.823. The lowest BCUT2D eigenvalue weighted by molar-refractivity contribution is -0.136. The van der Waals surface area contributed by atoms with Crippen molar-refractivity contribution in [2.75, 3.05) is 26.3 Å². The number of pyridine rings is 2. The van der Waals surface area contributed by atoms with Gasteiger partial charge in [-0.3, -0.25) is 14.8 Å². The first kappa shape index (κ1) is 20.9. The molecule has 1 saturated heterocycles. The Morgan fingerprint density at radius 3 is 2.00 bits per heavy atom. The molecular formula is C20H25N3O3S. The first-order chi connectivity index (χ1) is 12.9. The van der Waals surface area contributed by atoms with Gasteiger partial charge in [0.05, 0.1) is 24.6 Å². The molecule has 0 radical (unpaired) electrons. The lowest BCUT2D eigenvalue weighted by Crippen LogP contribution is -2.40. The number of rotatable bonds is 4. The second-order valence-corrected chi connectivity index (χ2v) is 6.83. The molecule has 2 aromatic rings. The number of aryl methyl sites for hydroxylation is 2. The molecule has 3 heterocycles. The smallest absolute Gasteiger partial charge is 0.307 e. The Morgan fingerprint density at radius 2 is 1.56 bits per heavy atom. The van der Waals surface area contributed by atoms with Crippen molar-refractivity contribution in [1.29, 1.82) is 0 Å². The van der Waals surface area contributed by atoms with Crippen molar-refractivity contribution in [2.45, 2.75) is 26.7 Å². The highest BCUT2D eigenvalue weighted by atomic mass is 32.1. The van der Waals surface area contributed by atoms with Gasteiger partial charge in [-0.2, -0.15) is 0 Å². The number of carboxylic acid groups (broad SMARTS) is 1. The molecule has 0 aromatic carbocycles. The maximum absolute atomic E-state index is 10.2. The van der Waals surface area contributed by atoms with E-state index in [1.54, 1.807) is 18.3 Å². The Hall–Kier alpha value is -2.38. The fourth-order valence-electron chi connectivity index (χ4n) is 2.48. The summed E-state index contributed by atoms with van der Waals surface area (Å²) in [5.41, 5.74) is 3.87. The van der Waals surface area contributed by atoms with E-state index in [4.69, 9.17) is 22.1 Å². The monoisotopic (exact) mass is 387 g/mol. The maximum atomic E-state index is 10.2. The summed E-state index contributed by atoms with van der Waals surface area (Å²) in [6.45, 7) is 7.25. The highest BCUT2D eigenvalue weighted by Crippen LogP contribution is 2.06. The van der Waals surface area contributed by atoms with E-state index in [0.717, 1.165) is 54.7 Å². The van der Waals surface area contributed by atoms with Gasteiger partial charge in [0.25, 0.3) is 0 Å². The van der Waals surface area contributed by atoms with E-state index >= 15 is 0 Å². The van der Waals surface area contributed by atoms with E-state index in [1.165, 1.54) is 5.56 Å². The third kappa shape index (κ3) is 7.80. The van der Waals surface area contributed by atoms with E-state index in [9.17, 15) is 4.79 Å². The lowest BCUT2D eigenvalue weighted by Gasteiger charge is -2.29. The minimum Gasteiger partial charge on any atom is -0.481 e. The summed E-state index contributed by atoms with van der Waals surface area (Å²) < 4.78 is 5.30. The number of aliphatic carboxylic acids is 1. The molecule has 1 aliphatic rings. The van der Waals surface area contributed by atoms with Crippen molar-refractivity contribution >= 4 is 23.2 Å². The molecule has 0 amide bonds. The predicted molar refractivity (Wildman–Crippen MR) is 108 cm³/mol. The third-order valence-corrected chi connectivity index (χ3v) is 4.42. The predicted octanol–water partition coefficient (Wildman–Crippen LogP) is 2.61. The van der Waals surface area contributed by atoms with E-state index in [2.05, 4.69) is 20.9 Å². The van der Waals surface area contributed by atoms with E-state index in [-0.39, 0.29) is 6.42 Å². The number of hydrogen-bond acceptors (Lipinski definition) is 5. The minimum absolute atomic E-state index is 0.0489. The molecule has 2 aromatic heterocycles. The average Bonchev–Trinajstić information content (AvgIpc) is 2.66. The van der Waals surface area contributed by atoms with Gasteiger partial charge in [-0.25, -0.2) is 0 Å². The van der Waals surface area contributed by atoms with Crippen LogP contribution in [-0.2, 0) is 22.4 Å². The number of nitrogens with zero attached hydrogens (tertiary/aromatic N) is 3. The van der Waals surface area contributed by atoms with Crippen molar-refractivity contribution < 1.29 is 14.6 Å². The van der Waals surface area contributed by atoms with Gasteiger partial charge in [-0.15, -0.1) is 0 Å². The second-order valence-electron chi connectivity index (χ2n) is 6.36.